The predicted molar refractivity (Wildman–Crippen MR) is 76.8 cm³/mol. The first-order chi connectivity index (χ1) is 9.11. The van der Waals surface area contributed by atoms with Gasteiger partial charge in [0, 0.05) is 21.2 Å². The van der Waals surface area contributed by atoms with Crippen LogP contribution in [-0.2, 0) is 12.5 Å². The van der Waals surface area contributed by atoms with Gasteiger partial charge in [0.15, 0.2) is 0 Å². The van der Waals surface area contributed by atoms with Crippen LogP contribution < -0.4 is 4.74 Å². The second-order valence-corrected chi connectivity index (χ2v) is 4.99. The fourth-order valence-corrected chi connectivity index (χ4v) is 2.33. The molecule has 100 valence electrons. The Morgan fingerprint density at radius 3 is 2.58 bits per heavy atom. The van der Waals surface area contributed by atoms with Crippen molar-refractivity contribution in [2.45, 2.75) is 12.5 Å². The molecule has 0 amide bonds. The number of hydrogen-bond acceptors (Lipinski definition) is 1. The predicted octanol–water partition coefficient (Wildman–Crippen LogP) is 5.45. The molecule has 0 fully saturated rings. The van der Waals surface area contributed by atoms with Crippen LogP contribution in [0.2, 0.25) is 10.0 Å². The van der Waals surface area contributed by atoms with E-state index >= 15 is 0 Å². The third-order valence-electron chi connectivity index (χ3n) is 2.61. The molecule has 0 N–H and O–H groups in total. The minimum absolute atomic E-state index is 0.0905. The molecule has 0 heterocycles. The Bertz CT molecular complexity index is 587. The van der Waals surface area contributed by atoms with Gasteiger partial charge in [0.1, 0.15) is 18.2 Å². The molecule has 0 aliphatic heterocycles. The molecule has 0 aliphatic rings. The van der Waals surface area contributed by atoms with Crippen molar-refractivity contribution >= 4 is 34.8 Å². The summed E-state index contributed by atoms with van der Waals surface area (Å²) in [6.45, 7) is 0.0905. The molecule has 2 rings (SSSR count). The molecular formula is C14H10Cl3FO. The molecule has 0 bridgehead atoms. The molecule has 1 nitrogen and oxygen atoms in total. The van der Waals surface area contributed by atoms with Crippen LogP contribution in [-0.4, -0.2) is 0 Å². The van der Waals surface area contributed by atoms with Crippen LogP contribution in [0.15, 0.2) is 36.4 Å². The summed E-state index contributed by atoms with van der Waals surface area (Å²) in [4.78, 5) is 0. The average molecular weight is 320 g/mol. The Morgan fingerprint density at radius 2 is 1.89 bits per heavy atom. The van der Waals surface area contributed by atoms with Crippen molar-refractivity contribution in [1.82, 2.24) is 0 Å². The highest BCUT2D eigenvalue weighted by molar-refractivity contribution is 6.32. The van der Waals surface area contributed by atoms with Gasteiger partial charge in [0.05, 0.1) is 5.88 Å². The zero-order chi connectivity index (χ0) is 13.8. The van der Waals surface area contributed by atoms with E-state index in [9.17, 15) is 4.39 Å². The minimum atomic E-state index is -0.401. The second-order valence-electron chi connectivity index (χ2n) is 3.87. The molecule has 0 spiro atoms. The summed E-state index contributed by atoms with van der Waals surface area (Å²) in [6, 6.07) is 9.69. The van der Waals surface area contributed by atoms with Crippen molar-refractivity contribution in [3.8, 4) is 5.75 Å². The standard InChI is InChI=1S/C14H10Cl3FO/c15-7-11-12(17)2-1-3-14(11)19-8-9-4-5-10(16)6-13(9)18/h1-6H,7-8H2. The fourth-order valence-electron chi connectivity index (χ4n) is 1.60. The van der Waals surface area contributed by atoms with E-state index in [0.717, 1.165) is 0 Å². The maximum Gasteiger partial charge on any atom is 0.131 e. The number of halogens is 4. The van der Waals surface area contributed by atoms with Gasteiger partial charge in [-0.1, -0.05) is 35.3 Å². The summed E-state index contributed by atoms with van der Waals surface area (Å²) in [7, 11) is 0. The van der Waals surface area contributed by atoms with Gasteiger partial charge in [-0.05, 0) is 24.3 Å². The number of ether oxygens (including phenoxy) is 1. The van der Waals surface area contributed by atoms with Gasteiger partial charge in [0.2, 0.25) is 0 Å². The lowest BCUT2D eigenvalue weighted by atomic mass is 10.2. The van der Waals surface area contributed by atoms with Gasteiger partial charge in [0.25, 0.3) is 0 Å². The van der Waals surface area contributed by atoms with Crippen LogP contribution in [0.5, 0.6) is 5.75 Å². The van der Waals surface area contributed by atoms with Gasteiger partial charge in [-0.15, -0.1) is 11.6 Å². The molecule has 2 aromatic rings. The maximum absolute atomic E-state index is 13.6. The SMILES string of the molecule is Fc1cc(Cl)ccc1COc1cccc(Cl)c1CCl. The van der Waals surface area contributed by atoms with Gasteiger partial charge < -0.3 is 4.74 Å². The van der Waals surface area contributed by atoms with Crippen molar-refractivity contribution in [3.63, 3.8) is 0 Å². The van der Waals surface area contributed by atoms with Crippen LogP contribution >= 0.6 is 34.8 Å². The highest BCUT2D eigenvalue weighted by Crippen LogP contribution is 2.29. The van der Waals surface area contributed by atoms with E-state index in [1.54, 1.807) is 30.3 Å². The molecule has 0 saturated carbocycles. The van der Waals surface area contributed by atoms with E-state index in [0.29, 0.717) is 26.9 Å². The lowest BCUT2D eigenvalue weighted by Gasteiger charge is -2.11. The summed E-state index contributed by atoms with van der Waals surface area (Å²) in [5.41, 5.74) is 1.12. The number of hydrogen-bond donors (Lipinski definition) is 0. The lowest BCUT2D eigenvalue weighted by molar-refractivity contribution is 0.297. The van der Waals surface area contributed by atoms with E-state index in [4.69, 9.17) is 39.5 Å². The zero-order valence-electron chi connectivity index (χ0n) is 9.80. The van der Waals surface area contributed by atoms with Crippen molar-refractivity contribution in [2.75, 3.05) is 0 Å². The van der Waals surface area contributed by atoms with Crippen LogP contribution in [0, 0.1) is 5.82 Å². The number of rotatable bonds is 4. The van der Waals surface area contributed by atoms with Crippen LogP contribution in [0.25, 0.3) is 0 Å². The number of alkyl halides is 1. The summed E-state index contributed by atoms with van der Waals surface area (Å²) < 4.78 is 19.2. The van der Waals surface area contributed by atoms with Gasteiger partial charge in [-0.3, -0.25) is 0 Å². The summed E-state index contributed by atoms with van der Waals surface area (Å²) >= 11 is 17.5. The van der Waals surface area contributed by atoms with Crippen molar-refractivity contribution < 1.29 is 9.13 Å². The molecule has 0 atom stereocenters. The van der Waals surface area contributed by atoms with E-state index in [1.807, 2.05) is 0 Å². The molecule has 0 aliphatic carbocycles. The first kappa shape index (κ1) is 14.4. The maximum atomic E-state index is 13.6. The van der Waals surface area contributed by atoms with E-state index < -0.39 is 5.82 Å². The monoisotopic (exact) mass is 318 g/mol. The third-order valence-corrected chi connectivity index (χ3v) is 3.46. The Morgan fingerprint density at radius 1 is 1.11 bits per heavy atom. The van der Waals surface area contributed by atoms with E-state index in [2.05, 4.69) is 0 Å². The van der Waals surface area contributed by atoms with Crippen molar-refractivity contribution in [3.05, 3.63) is 63.4 Å². The number of benzene rings is 2. The normalized spacial score (nSPS) is 10.5. The first-order valence-electron chi connectivity index (χ1n) is 5.52. The molecule has 5 heteroatoms. The van der Waals surface area contributed by atoms with Crippen molar-refractivity contribution in [2.24, 2.45) is 0 Å². The highest BCUT2D eigenvalue weighted by atomic mass is 35.5. The molecule has 0 unspecified atom stereocenters. The highest BCUT2D eigenvalue weighted by Gasteiger charge is 2.09. The minimum Gasteiger partial charge on any atom is -0.488 e. The Hall–Kier alpha value is -0.960. The van der Waals surface area contributed by atoms with Gasteiger partial charge >= 0.3 is 0 Å². The second kappa shape index (κ2) is 6.47. The fraction of sp³-hybridized carbons (Fsp3) is 0.143. The third kappa shape index (κ3) is 3.53. The van der Waals surface area contributed by atoms with Gasteiger partial charge in [-0.2, -0.15) is 0 Å². The van der Waals surface area contributed by atoms with Crippen LogP contribution in [0.3, 0.4) is 0 Å². The molecule has 0 saturated heterocycles. The Balaban J connectivity index is 2.17. The molecule has 0 aromatic heterocycles. The van der Waals surface area contributed by atoms with Gasteiger partial charge in [-0.25, -0.2) is 4.39 Å². The molecule has 19 heavy (non-hydrogen) atoms. The molecular weight excluding hydrogens is 310 g/mol. The van der Waals surface area contributed by atoms with E-state index in [-0.39, 0.29) is 12.5 Å². The Kier molecular flexibility index (Phi) is 4.92. The van der Waals surface area contributed by atoms with Crippen LogP contribution in [0.4, 0.5) is 4.39 Å². The zero-order valence-corrected chi connectivity index (χ0v) is 12.1. The summed E-state index contributed by atoms with van der Waals surface area (Å²) in [5, 5.41) is 0.884. The molecule has 0 radical (unpaired) electrons. The average Bonchev–Trinajstić information content (AvgIpc) is 2.38. The largest absolute Gasteiger partial charge is 0.488 e. The van der Waals surface area contributed by atoms with Crippen LogP contribution in [0.1, 0.15) is 11.1 Å². The molecule has 2 aromatic carbocycles. The van der Waals surface area contributed by atoms with E-state index in [1.165, 1.54) is 6.07 Å². The summed E-state index contributed by atoms with van der Waals surface area (Å²) in [6.07, 6.45) is 0. The lowest BCUT2D eigenvalue weighted by Crippen LogP contribution is -2.00. The smallest absolute Gasteiger partial charge is 0.131 e. The topological polar surface area (TPSA) is 9.23 Å². The van der Waals surface area contributed by atoms with Crippen molar-refractivity contribution in [1.29, 1.82) is 0 Å². The summed E-state index contributed by atoms with van der Waals surface area (Å²) in [5.74, 6) is 0.386. The quantitative estimate of drug-likeness (QED) is 0.681. The first-order valence-corrected chi connectivity index (χ1v) is 6.81. The Labute approximate surface area is 125 Å².